The highest BCUT2D eigenvalue weighted by atomic mass is 79.9. The molecule has 1 aliphatic rings. The van der Waals surface area contributed by atoms with Gasteiger partial charge in [0.05, 0.1) is 6.21 Å². The van der Waals surface area contributed by atoms with E-state index in [1.807, 2.05) is 78.9 Å². The maximum absolute atomic E-state index is 12.4. The summed E-state index contributed by atoms with van der Waals surface area (Å²) in [4.78, 5) is 26.3. The van der Waals surface area contributed by atoms with E-state index < -0.39 is 0 Å². The van der Waals surface area contributed by atoms with Crippen molar-refractivity contribution >= 4 is 34.0 Å². The first-order valence-electron chi connectivity index (χ1n) is 10.7. The van der Waals surface area contributed by atoms with Crippen LogP contribution in [0, 0.1) is 0 Å². The predicted molar refractivity (Wildman–Crippen MR) is 131 cm³/mol. The molecule has 4 rings (SSSR count). The maximum atomic E-state index is 12.4. The molecule has 3 aromatic rings. The van der Waals surface area contributed by atoms with Crippen LogP contribution in [0.25, 0.3) is 0 Å². The van der Waals surface area contributed by atoms with Crippen LogP contribution in [-0.2, 0) is 16.2 Å². The van der Waals surface area contributed by atoms with Gasteiger partial charge in [-0.2, -0.15) is 5.10 Å². The number of carbonyl (C=O) groups is 2. The van der Waals surface area contributed by atoms with Crippen LogP contribution < -0.4 is 10.2 Å². The molecule has 1 heterocycles. The smallest absolute Gasteiger partial charge is 0.259 e. The van der Waals surface area contributed by atoms with Crippen LogP contribution in [-0.4, -0.2) is 36.0 Å². The maximum Gasteiger partial charge on any atom is 0.259 e. The monoisotopic (exact) mass is 505 g/mol. The molecule has 0 radical (unpaired) electrons. The highest BCUT2D eigenvalue weighted by molar-refractivity contribution is 9.10. The van der Waals surface area contributed by atoms with E-state index in [9.17, 15) is 9.59 Å². The molecule has 2 amide bonds. The average molecular weight is 506 g/mol. The molecule has 0 aliphatic carbocycles. The van der Waals surface area contributed by atoms with Crippen molar-refractivity contribution in [2.24, 2.45) is 5.10 Å². The Morgan fingerprint density at radius 1 is 1.09 bits per heavy atom. The van der Waals surface area contributed by atoms with Gasteiger partial charge in [-0.05, 0) is 29.3 Å². The second-order valence-electron chi connectivity index (χ2n) is 7.84. The van der Waals surface area contributed by atoms with Crippen LogP contribution in [0.2, 0.25) is 0 Å². The van der Waals surface area contributed by atoms with Crippen molar-refractivity contribution in [1.29, 1.82) is 0 Å². The summed E-state index contributed by atoms with van der Waals surface area (Å²) in [7, 11) is 0. The third-order valence-electron chi connectivity index (χ3n) is 5.42. The summed E-state index contributed by atoms with van der Waals surface area (Å²) in [5.74, 6) is 0.406. The molecule has 0 bridgehead atoms. The van der Waals surface area contributed by atoms with Crippen molar-refractivity contribution < 1.29 is 14.3 Å². The van der Waals surface area contributed by atoms with Crippen molar-refractivity contribution in [3.05, 3.63) is 100 Å². The molecule has 3 aromatic carbocycles. The summed E-state index contributed by atoms with van der Waals surface area (Å²) in [6.07, 6.45) is 1.96. The number of likely N-dealkylation sites (tertiary alicyclic amines) is 1. The van der Waals surface area contributed by atoms with E-state index >= 15 is 0 Å². The lowest BCUT2D eigenvalue weighted by Gasteiger charge is -2.15. The third-order valence-corrected chi connectivity index (χ3v) is 5.92. The first-order chi connectivity index (χ1) is 16.1. The minimum absolute atomic E-state index is 0.0185. The molecule has 33 heavy (non-hydrogen) atoms. The number of nitrogens with one attached hydrogen (secondary N) is 1. The molecular weight excluding hydrogens is 482 g/mol. The number of amides is 2. The fourth-order valence-electron chi connectivity index (χ4n) is 3.74. The highest BCUT2D eigenvalue weighted by Crippen LogP contribution is 2.27. The van der Waals surface area contributed by atoms with Crippen LogP contribution in [0.15, 0.2) is 88.4 Å². The van der Waals surface area contributed by atoms with Gasteiger partial charge in [-0.1, -0.05) is 76.6 Å². The molecule has 168 valence electrons. The number of benzene rings is 3. The lowest BCUT2D eigenvalue weighted by atomic mass is 9.99. The number of hydrazone groups is 1. The summed E-state index contributed by atoms with van der Waals surface area (Å²) in [6, 6.07) is 25.4. The Balaban J connectivity index is 1.33. The Bertz CT molecular complexity index is 1140. The molecule has 0 unspecified atom stereocenters. The Morgan fingerprint density at radius 2 is 1.82 bits per heavy atom. The van der Waals surface area contributed by atoms with Gasteiger partial charge in [-0.3, -0.25) is 9.59 Å². The van der Waals surface area contributed by atoms with Crippen molar-refractivity contribution in [2.45, 2.75) is 18.9 Å². The number of rotatable bonds is 8. The van der Waals surface area contributed by atoms with E-state index in [0.29, 0.717) is 25.3 Å². The second kappa shape index (κ2) is 10.9. The second-order valence-corrected chi connectivity index (χ2v) is 8.75. The summed E-state index contributed by atoms with van der Waals surface area (Å²) in [5.41, 5.74) is 5.41. The molecular formula is C26H24BrN3O3. The van der Waals surface area contributed by atoms with Gasteiger partial charge in [-0.15, -0.1) is 0 Å². The number of halogens is 1. The summed E-state index contributed by atoms with van der Waals surface area (Å²) in [6.45, 7) is 0.938. The predicted octanol–water partition coefficient (Wildman–Crippen LogP) is 4.49. The van der Waals surface area contributed by atoms with Gasteiger partial charge in [0.25, 0.3) is 5.91 Å². The molecule has 0 aromatic heterocycles. The topological polar surface area (TPSA) is 71.0 Å². The van der Waals surface area contributed by atoms with E-state index in [4.69, 9.17) is 4.74 Å². The van der Waals surface area contributed by atoms with Gasteiger partial charge in [-0.25, -0.2) is 5.43 Å². The summed E-state index contributed by atoms with van der Waals surface area (Å²) in [5, 5.41) is 4.08. The SMILES string of the molecule is O=C(CN1C[C@H](c2ccccc2)CC1=O)N/N=C\c1cc(Br)ccc1OCc1ccccc1. The van der Waals surface area contributed by atoms with E-state index in [-0.39, 0.29) is 24.3 Å². The van der Waals surface area contributed by atoms with Crippen LogP contribution in [0.1, 0.15) is 29.0 Å². The molecule has 0 saturated carbocycles. The Labute approximate surface area is 201 Å². The van der Waals surface area contributed by atoms with Crippen molar-refractivity contribution in [1.82, 2.24) is 10.3 Å². The van der Waals surface area contributed by atoms with Crippen LogP contribution in [0.3, 0.4) is 0 Å². The lowest BCUT2D eigenvalue weighted by Crippen LogP contribution is -2.36. The zero-order chi connectivity index (χ0) is 23.0. The highest BCUT2D eigenvalue weighted by Gasteiger charge is 2.31. The largest absolute Gasteiger partial charge is 0.488 e. The van der Waals surface area contributed by atoms with Crippen molar-refractivity contribution in [3.8, 4) is 5.75 Å². The minimum Gasteiger partial charge on any atom is -0.488 e. The fraction of sp³-hybridized carbons (Fsp3) is 0.192. The lowest BCUT2D eigenvalue weighted by molar-refractivity contribution is -0.133. The number of ether oxygens (including phenoxy) is 1. The van der Waals surface area contributed by atoms with E-state index in [2.05, 4.69) is 26.5 Å². The Kier molecular flexibility index (Phi) is 7.52. The van der Waals surface area contributed by atoms with E-state index in [1.54, 1.807) is 11.1 Å². The Hall–Kier alpha value is -3.45. The molecule has 1 atom stereocenters. The van der Waals surface area contributed by atoms with E-state index in [0.717, 1.165) is 21.2 Å². The number of nitrogens with zero attached hydrogens (tertiary/aromatic N) is 2. The van der Waals surface area contributed by atoms with Crippen molar-refractivity contribution in [2.75, 3.05) is 13.1 Å². The zero-order valence-corrected chi connectivity index (χ0v) is 19.6. The molecule has 1 N–H and O–H groups in total. The number of hydrogen-bond donors (Lipinski definition) is 1. The molecule has 1 fully saturated rings. The average Bonchev–Trinajstić information content (AvgIpc) is 3.20. The van der Waals surface area contributed by atoms with E-state index in [1.165, 1.54) is 0 Å². The van der Waals surface area contributed by atoms with Crippen LogP contribution >= 0.6 is 15.9 Å². The molecule has 7 heteroatoms. The first-order valence-corrected chi connectivity index (χ1v) is 11.5. The number of hydrogen-bond acceptors (Lipinski definition) is 4. The summed E-state index contributed by atoms with van der Waals surface area (Å²) < 4.78 is 6.81. The van der Waals surface area contributed by atoms with Gasteiger partial charge >= 0.3 is 0 Å². The third kappa shape index (κ3) is 6.29. The fourth-order valence-corrected chi connectivity index (χ4v) is 4.12. The molecule has 1 saturated heterocycles. The number of carbonyl (C=O) groups excluding carboxylic acids is 2. The Morgan fingerprint density at radius 3 is 2.58 bits per heavy atom. The summed E-state index contributed by atoms with van der Waals surface area (Å²) >= 11 is 3.45. The quantitative estimate of drug-likeness (QED) is 0.362. The molecule has 6 nitrogen and oxygen atoms in total. The van der Waals surface area contributed by atoms with Gasteiger partial charge in [0, 0.05) is 28.9 Å². The normalized spacial score (nSPS) is 15.7. The van der Waals surface area contributed by atoms with Crippen molar-refractivity contribution in [3.63, 3.8) is 0 Å². The zero-order valence-electron chi connectivity index (χ0n) is 18.0. The van der Waals surface area contributed by atoms with Gasteiger partial charge in [0.2, 0.25) is 5.91 Å². The van der Waals surface area contributed by atoms with Gasteiger partial charge in [0.15, 0.2) is 0 Å². The van der Waals surface area contributed by atoms with Gasteiger partial charge < -0.3 is 9.64 Å². The van der Waals surface area contributed by atoms with Crippen LogP contribution in [0.5, 0.6) is 5.75 Å². The molecule has 0 spiro atoms. The molecule has 1 aliphatic heterocycles. The van der Waals surface area contributed by atoms with Gasteiger partial charge in [0.1, 0.15) is 18.9 Å². The first kappa shape index (κ1) is 22.7. The standard InChI is InChI=1S/C26H24BrN3O3/c27-23-11-12-24(33-18-19-7-3-1-4-8-19)21(13-23)15-28-29-25(31)17-30-16-22(14-26(30)32)20-9-5-2-6-10-20/h1-13,15,22H,14,16-18H2,(H,29,31)/b28-15-/t22-/m1/s1. The van der Waals surface area contributed by atoms with Crippen LogP contribution in [0.4, 0.5) is 0 Å². The minimum atomic E-state index is -0.338.